The summed E-state index contributed by atoms with van der Waals surface area (Å²) < 4.78 is 4.68. The zero-order chi connectivity index (χ0) is 23.9. The zero-order valence-corrected chi connectivity index (χ0v) is 23.2. The number of carboxylic acid groups (broad SMARTS) is 1. The maximum Gasteiger partial charge on any atom is 0.344 e. The molecule has 2 aromatic rings. The summed E-state index contributed by atoms with van der Waals surface area (Å²) in [6, 6.07) is 13.1. The lowest BCUT2D eigenvalue weighted by atomic mass is 10.1. The molecule has 1 aliphatic carbocycles. The molecule has 1 aliphatic rings. The number of fused-ring (bicyclic) bond motifs is 1. The summed E-state index contributed by atoms with van der Waals surface area (Å²) in [5.41, 5.74) is 2.89. The summed E-state index contributed by atoms with van der Waals surface area (Å²) in [4.78, 5) is 23.2. The lowest BCUT2D eigenvalue weighted by Gasteiger charge is -2.20. The van der Waals surface area contributed by atoms with E-state index in [-0.39, 0.29) is 43.3 Å². The van der Waals surface area contributed by atoms with Crippen LogP contribution in [0, 0.1) is 0 Å². The van der Waals surface area contributed by atoms with E-state index in [0.29, 0.717) is 11.8 Å². The summed E-state index contributed by atoms with van der Waals surface area (Å²) in [6.07, 6.45) is 1.35. The van der Waals surface area contributed by atoms with E-state index < -0.39 is 12.1 Å². The highest BCUT2D eigenvalue weighted by Gasteiger charge is 2.26. The molecule has 0 fully saturated rings. The highest BCUT2D eigenvalue weighted by Crippen LogP contribution is 2.35. The molecule has 9 heteroatoms. The predicted octanol–water partition coefficient (Wildman–Crippen LogP) is 4.69. The first-order valence-electron chi connectivity index (χ1n) is 10.8. The Balaban J connectivity index is 0.000000644. The molecule has 2 atom stereocenters. The number of carbonyl (C=O) groups excluding carboxylic acids is 1. The Morgan fingerprint density at radius 1 is 1.12 bits per heavy atom. The normalized spacial score (nSPS) is 14.9. The van der Waals surface area contributed by atoms with Gasteiger partial charge < -0.3 is 20.3 Å². The fourth-order valence-electron chi connectivity index (χ4n) is 3.24. The minimum atomic E-state index is -1.02. The minimum absolute atomic E-state index is 0. The first-order chi connectivity index (χ1) is 15.0. The molecule has 0 radical (unpaired) electrons. The van der Waals surface area contributed by atoms with Gasteiger partial charge in [0.25, 0.3) is 0 Å². The molecule has 0 unspecified atom stereocenters. The van der Waals surface area contributed by atoms with Gasteiger partial charge in [0.2, 0.25) is 0 Å². The van der Waals surface area contributed by atoms with Crippen molar-refractivity contribution in [3.8, 4) is 11.5 Å². The molecule has 0 saturated heterocycles. The SMILES string of the molecule is CCN[C@H]1Cc2ccc(SC(C)(C)C(C)=O)cc2C1.C[C@H](Oc1ccc(O)cc1)C(=O)O.S.S. The number of ether oxygens (including phenoxy) is 1. The van der Waals surface area contributed by atoms with E-state index >= 15 is 0 Å². The molecule has 6 nitrogen and oxygen atoms in total. The molecule has 3 rings (SSSR count). The molecular weight excluding hydrogens is 490 g/mol. The number of aromatic hydroxyl groups is 1. The van der Waals surface area contributed by atoms with Crippen molar-refractivity contribution in [2.45, 2.75) is 69.2 Å². The maximum atomic E-state index is 11.6. The second kappa shape index (κ2) is 14.6. The van der Waals surface area contributed by atoms with Crippen molar-refractivity contribution in [2.75, 3.05) is 6.54 Å². The molecule has 0 heterocycles. The van der Waals surface area contributed by atoms with Gasteiger partial charge in [-0.25, -0.2) is 4.79 Å². The molecule has 3 N–H and O–H groups in total. The van der Waals surface area contributed by atoms with Crippen LogP contribution in [0.2, 0.25) is 0 Å². The van der Waals surface area contributed by atoms with E-state index in [1.54, 1.807) is 18.7 Å². The molecule has 0 spiro atoms. The number of thioether (sulfide) groups is 1. The van der Waals surface area contributed by atoms with Crippen molar-refractivity contribution in [1.82, 2.24) is 5.32 Å². The van der Waals surface area contributed by atoms with Gasteiger partial charge in [-0.15, -0.1) is 11.8 Å². The lowest BCUT2D eigenvalue weighted by Crippen LogP contribution is -2.28. The molecule has 34 heavy (non-hydrogen) atoms. The molecule has 0 bridgehead atoms. The number of ketones is 1. The summed E-state index contributed by atoms with van der Waals surface area (Å²) in [5.74, 6) is -0.250. The van der Waals surface area contributed by atoms with Crippen LogP contribution in [0.15, 0.2) is 47.4 Å². The number of carboxylic acids is 1. The van der Waals surface area contributed by atoms with E-state index in [1.165, 1.54) is 47.2 Å². The van der Waals surface area contributed by atoms with E-state index in [2.05, 4.69) is 30.4 Å². The number of Topliss-reactive ketones (excluding diaryl/α,β-unsaturated/α-hetero) is 1. The number of nitrogens with one attached hydrogen (secondary N) is 1. The van der Waals surface area contributed by atoms with Crippen LogP contribution in [0.25, 0.3) is 0 Å². The average molecular weight is 528 g/mol. The standard InChI is InChI=1S/C16H23NOS.C9H10O4.2H2S/c1-5-17-14-8-12-6-7-15(10-13(12)9-14)19-16(3,4)11(2)18;1-6(9(11)12)13-8-4-2-7(10)3-5-8;;/h6-7,10,14,17H,5,8-9H2,1-4H3;2-6,10H,1H3,(H,11,12);2*1H2/t14-;6-;;/m00../s1. The number of rotatable bonds is 8. The van der Waals surface area contributed by atoms with Crippen LogP contribution in [0.1, 0.15) is 45.7 Å². The van der Waals surface area contributed by atoms with Crippen molar-refractivity contribution in [1.29, 1.82) is 0 Å². The Kier molecular flexibility index (Phi) is 13.8. The number of carbonyl (C=O) groups is 2. The van der Waals surface area contributed by atoms with Crippen LogP contribution in [0.3, 0.4) is 0 Å². The molecule has 0 aliphatic heterocycles. The number of likely N-dealkylation sites (N-methyl/N-ethyl adjacent to an activating group) is 1. The van der Waals surface area contributed by atoms with E-state index in [1.807, 2.05) is 13.8 Å². The molecular formula is C25H37NO5S3. The highest BCUT2D eigenvalue weighted by molar-refractivity contribution is 8.01. The fraction of sp³-hybridized carbons (Fsp3) is 0.440. The van der Waals surface area contributed by atoms with Crippen LogP contribution < -0.4 is 10.1 Å². The largest absolute Gasteiger partial charge is 0.508 e. The minimum Gasteiger partial charge on any atom is -0.508 e. The number of phenolic OH excluding ortho intramolecular Hbond substituents is 1. The highest BCUT2D eigenvalue weighted by atomic mass is 32.2. The number of hydrogen-bond donors (Lipinski definition) is 3. The van der Waals surface area contributed by atoms with Gasteiger partial charge in [-0.1, -0.05) is 13.0 Å². The van der Waals surface area contributed by atoms with E-state index in [0.717, 1.165) is 19.4 Å². The van der Waals surface area contributed by atoms with Gasteiger partial charge in [-0.05, 0) is 94.6 Å². The third kappa shape index (κ3) is 9.82. The summed E-state index contributed by atoms with van der Waals surface area (Å²) in [7, 11) is 0. The van der Waals surface area contributed by atoms with E-state index in [4.69, 9.17) is 14.9 Å². The van der Waals surface area contributed by atoms with Crippen LogP contribution in [0.4, 0.5) is 0 Å². The Bertz CT molecular complexity index is 935. The van der Waals surface area contributed by atoms with Gasteiger partial charge in [0.05, 0.1) is 4.75 Å². The summed E-state index contributed by atoms with van der Waals surface area (Å²) >= 11 is 1.66. The second-order valence-electron chi connectivity index (χ2n) is 8.35. The third-order valence-electron chi connectivity index (χ3n) is 5.32. The van der Waals surface area contributed by atoms with Gasteiger partial charge >= 0.3 is 5.97 Å². The number of aliphatic carboxylic acids is 1. The van der Waals surface area contributed by atoms with Crippen molar-refractivity contribution in [2.24, 2.45) is 0 Å². The molecule has 190 valence electrons. The first-order valence-corrected chi connectivity index (χ1v) is 11.6. The van der Waals surface area contributed by atoms with Gasteiger partial charge in [0.1, 0.15) is 17.3 Å². The molecule has 0 amide bonds. The molecule has 0 aromatic heterocycles. The van der Waals surface area contributed by atoms with Crippen molar-refractivity contribution in [3.63, 3.8) is 0 Å². The molecule has 2 aromatic carbocycles. The second-order valence-corrected chi connectivity index (χ2v) is 10.1. The quantitative estimate of drug-likeness (QED) is 0.429. The Morgan fingerprint density at radius 2 is 1.71 bits per heavy atom. The summed E-state index contributed by atoms with van der Waals surface area (Å²) in [5, 5.41) is 21.0. The Labute approximate surface area is 220 Å². The smallest absolute Gasteiger partial charge is 0.344 e. The number of phenols is 1. The third-order valence-corrected chi connectivity index (χ3v) is 6.61. The van der Waals surface area contributed by atoms with E-state index in [9.17, 15) is 9.59 Å². The average Bonchev–Trinajstić information content (AvgIpc) is 3.11. The van der Waals surface area contributed by atoms with Crippen molar-refractivity contribution in [3.05, 3.63) is 53.6 Å². The first kappa shape index (κ1) is 32.2. The predicted molar refractivity (Wildman–Crippen MR) is 149 cm³/mol. The topological polar surface area (TPSA) is 95.9 Å². The Morgan fingerprint density at radius 3 is 2.24 bits per heavy atom. The number of benzene rings is 2. The Hall–Kier alpha value is -1.81. The maximum absolute atomic E-state index is 11.6. The van der Waals surface area contributed by atoms with Crippen molar-refractivity contribution >= 4 is 50.5 Å². The summed E-state index contributed by atoms with van der Waals surface area (Å²) in [6.45, 7) is 10.3. The van der Waals surface area contributed by atoms with Gasteiger partial charge in [0.15, 0.2) is 6.10 Å². The van der Waals surface area contributed by atoms with Crippen LogP contribution in [0.5, 0.6) is 11.5 Å². The van der Waals surface area contributed by atoms with Crippen LogP contribution in [-0.2, 0) is 22.4 Å². The molecule has 0 saturated carbocycles. The van der Waals surface area contributed by atoms with Crippen LogP contribution >= 0.6 is 38.8 Å². The number of hydrogen-bond acceptors (Lipinski definition) is 6. The monoisotopic (exact) mass is 527 g/mol. The van der Waals surface area contributed by atoms with Gasteiger partial charge in [-0.2, -0.15) is 27.0 Å². The van der Waals surface area contributed by atoms with Gasteiger partial charge in [-0.3, -0.25) is 4.79 Å². The lowest BCUT2D eigenvalue weighted by molar-refractivity contribution is -0.144. The van der Waals surface area contributed by atoms with Crippen molar-refractivity contribution < 1.29 is 24.5 Å². The van der Waals surface area contributed by atoms with Gasteiger partial charge in [0, 0.05) is 10.9 Å². The fourth-order valence-corrected chi connectivity index (χ4v) is 4.31. The zero-order valence-electron chi connectivity index (χ0n) is 20.3. The van der Waals surface area contributed by atoms with Crippen LogP contribution in [-0.4, -0.2) is 45.4 Å².